The summed E-state index contributed by atoms with van der Waals surface area (Å²) in [5.74, 6) is 1.03. The van der Waals surface area contributed by atoms with E-state index >= 15 is 0 Å². The van der Waals surface area contributed by atoms with Crippen LogP contribution in [0.5, 0.6) is 0 Å². The minimum atomic E-state index is -1.27. The van der Waals surface area contributed by atoms with E-state index in [1.807, 2.05) is 6.92 Å². The highest BCUT2D eigenvalue weighted by atomic mass is 28.3. The van der Waals surface area contributed by atoms with E-state index in [9.17, 15) is 0 Å². The molecule has 0 unspecified atom stereocenters. The van der Waals surface area contributed by atoms with Crippen LogP contribution in [0.15, 0.2) is 16.5 Å². The van der Waals surface area contributed by atoms with Crippen LogP contribution in [0.4, 0.5) is 0 Å². The SMILES string of the molecule is Cc1ccc([Si](C)(C)CC[Si])o1. The van der Waals surface area contributed by atoms with Gasteiger partial charge in [-0.3, -0.25) is 0 Å². The quantitative estimate of drug-likeness (QED) is 0.673. The zero-order valence-corrected chi connectivity index (χ0v) is 9.98. The van der Waals surface area contributed by atoms with E-state index in [2.05, 4.69) is 35.5 Å². The van der Waals surface area contributed by atoms with Crippen LogP contribution in [0.3, 0.4) is 0 Å². The van der Waals surface area contributed by atoms with Gasteiger partial charge in [-0.25, -0.2) is 0 Å². The predicted octanol–water partition coefficient (Wildman–Crippen LogP) is 2.09. The fourth-order valence-corrected chi connectivity index (χ4v) is 4.95. The molecule has 0 aliphatic heterocycles. The lowest BCUT2D eigenvalue weighted by Gasteiger charge is -2.17. The van der Waals surface area contributed by atoms with Crippen molar-refractivity contribution in [3.05, 3.63) is 17.9 Å². The predicted molar refractivity (Wildman–Crippen MR) is 55.9 cm³/mol. The topological polar surface area (TPSA) is 13.1 Å². The van der Waals surface area contributed by atoms with Crippen molar-refractivity contribution in [3.8, 4) is 0 Å². The molecule has 0 amide bonds. The molecule has 3 radical (unpaired) electrons. The van der Waals surface area contributed by atoms with Crippen molar-refractivity contribution < 1.29 is 4.42 Å². The fraction of sp³-hybridized carbons (Fsp3) is 0.556. The van der Waals surface area contributed by atoms with Gasteiger partial charge in [0, 0.05) is 10.2 Å². The van der Waals surface area contributed by atoms with Crippen LogP contribution in [0.25, 0.3) is 0 Å². The van der Waals surface area contributed by atoms with Crippen LogP contribution in [0.1, 0.15) is 5.76 Å². The van der Waals surface area contributed by atoms with E-state index in [0.717, 1.165) is 11.8 Å². The summed E-state index contributed by atoms with van der Waals surface area (Å²) in [4.78, 5) is 0. The standard InChI is InChI=1S/C9H15OSi2/c1-8-4-5-9(10-8)12(2,3)7-6-11/h4-5H,6-7H2,1-3H3. The Morgan fingerprint density at radius 2 is 2.08 bits per heavy atom. The Kier molecular flexibility index (Phi) is 2.96. The van der Waals surface area contributed by atoms with Crippen molar-refractivity contribution in [1.82, 2.24) is 0 Å². The van der Waals surface area contributed by atoms with Crippen molar-refractivity contribution in [1.29, 1.82) is 0 Å². The zero-order valence-electron chi connectivity index (χ0n) is 7.98. The van der Waals surface area contributed by atoms with Gasteiger partial charge in [-0.15, -0.1) is 0 Å². The smallest absolute Gasteiger partial charge is 0.126 e. The first-order valence-corrected chi connectivity index (χ1v) is 8.19. The normalized spacial score (nSPS) is 12.0. The lowest BCUT2D eigenvalue weighted by molar-refractivity contribution is 0.561. The van der Waals surface area contributed by atoms with E-state index in [-0.39, 0.29) is 0 Å². The Hall–Kier alpha value is -0.286. The van der Waals surface area contributed by atoms with Gasteiger partial charge in [0.05, 0.1) is 11.1 Å². The minimum Gasteiger partial charge on any atom is -0.472 e. The number of rotatable bonds is 3. The fourth-order valence-electron chi connectivity index (χ4n) is 1.23. The molecular weight excluding hydrogens is 180 g/mol. The Morgan fingerprint density at radius 3 is 2.50 bits per heavy atom. The average molecular weight is 195 g/mol. The van der Waals surface area contributed by atoms with Crippen molar-refractivity contribution in [2.45, 2.75) is 32.1 Å². The first kappa shape index (κ1) is 9.80. The lowest BCUT2D eigenvalue weighted by Crippen LogP contribution is -2.39. The molecule has 1 nitrogen and oxygen atoms in total. The molecule has 0 atom stereocenters. The molecule has 3 heteroatoms. The molecule has 65 valence electrons. The van der Waals surface area contributed by atoms with Gasteiger partial charge in [0.2, 0.25) is 0 Å². The van der Waals surface area contributed by atoms with Gasteiger partial charge < -0.3 is 4.42 Å². The maximum absolute atomic E-state index is 5.64. The van der Waals surface area contributed by atoms with Crippen LogP contribution in [-0.4, -0.2) is 18.3 Å². The third-order valence-corrected chi connectivity index (χ3v) is 6.01. The largest absolute Gasteiger partial charge is 0.472 e. The van der Waals surface area contributed by atoms with Gasteiger partial charge in [-0.2, -0.15) is 0 Å². The van der Waals surface area contributed by atoms with Crippen LogP contribution < -0.4 is 5.38 Å². The van der Waals surface area contributed by atoms with E-state index < -0.39 is 8.07 Å². The van der Waals surface area contributed by atoms with Crippen molar-refractivity contribution in [2.75, 3.05) is 0 Å². The maximum atomic E-state index is 5.64. The highest BCUT2D eigenvalue weighted by molar-refractivity contribution is 6.89. The van der Waals surface area contributed by atoms with E-state index in [0.29, 0.717) is 0 Å². The lowest BCUT2D eigenvalue weighted by atomic mass is 10.5. The molecule has 1 heterocycles. The number of furan rings is 1. The molecule has 1 aromatic heterocycles. The molecule has 0 aliphatic carbocycles. The molecule has 0 N–H and O–H groups in total. The molecule has 0 spiro atoms. The summed E-state index contributed by atoms with van der Waals surface area (Å²) in [5.41, 5.74) is 0. The molecule has 0 bridgehead atoms. The molecule has 1 aromatic rings. The first-order chi connectivity index (χ1) is 5.56. The van der Waals surface area contributed by atoms with Crippen molar-refractivity contribution in [2.24, 2.45) is 0 Å². The summed E-state index contributed by atoms with van der Waals surface area (Å²) in [6.07, 6.45) is 0. The average Bonchev–Trinajstić information content (AvgIpc) is 2.36. The molecular formula is C9H15OSi2. The van der Waals surface area contributed by atoms with E-state index in [1.165, 1.54) is 11.4 Å². The van der Waals surface area contributed by atoms with Crippen molar-refractivity contribution in [3.63, 3.8) is 0 Å². The van der Waals surface area contributed by atoms with Gasteiger partial charge in [-0.1, -0.05) is 25.2 Å². The Balaban J connectivity index is 2.81. The van der Waals surface area contributed by atoms with E-state index in [1.54, 1.807) is 0 Å². The molecule has 0 aliphatic rings. The Labute approximate surface area is 78.6 Å². The second-order valence-corrected chi connectivity index (χ2v) is 9.05. The number of hydrogen-bond acceptors (Lipinski definition) is 1. The minimum absolute atomic E-state index is 1.03. The monoisotopic (exact) mass is 195 g/mol. The highest BCUT2D eigenvalue weighted by Crippen LogP contribution is 2.13. The Morgan fingerprint density at radius 1 is 1.42 bits per heavy atom. The second-order valence-electron chi connectivity index (χ2n) is 3.79. The van der Waals surface area contributed by atoms with E-state index in [4.69, 9.17) is 4.42 Å². The van der Waals surface area contributed by atoms with Gasteiger partial charge in [-0.05, 0) is 19.1 Å². The van der Waals surface area contributed by atoms with Gasteiger partial charge in [0.1, 0.15) is 8.07 Å². The zero-order chi connectivity index (χ0) is 9.19. The summed E-state index contributed by atoms with van der Waals surface area (Å²) in [6.45, 7) is 6.68. The van der Waals surface area contributed by atoms with Crippen molar-refractivity contribution >= 4 is 23.7 Å². The summed E-state index contributed by atoms with van der Waals surface area (Å²) in [5, 5.41) is 1.22. The first-order valence-electron chi connectivity index (χ1n) is 4.28. The summed E-state index contributed by atoms with van der Waals surface area (Å²) >= 11 is 0. The molecule has 12 heavy (non-hydrogen) atoms. The number of aryl methyl sites for hydroxylation is 1. The molecule has 0 saturated heterocycles. The Bertz CT molecular complexity index is 253. The summed E-state index contributed by atoms with van der Waals surface area (Å²) in [7, 11) is 2.25. The third kappa shape index (κ3) is 2.11. The van der Waals surface area contributed by atoms with Gasteiger partial charge in [0.25, 0.3) is 0 Å². The molecule has 0 aromatic carbocycles. The summed E-state index contributed by atoms with van der Waals surface area (Å²) < 4.78 is 5.64. The summed E-state index contributed by atoms with van der Waals surface area (Å²) in [6, 6.07) is 6.48. The van der Waals surface area contributed by atoms with Crippen LogP contribution in [-0.2, 0) is 0 Å². The van der Waals surface area contributed by atoms with Crippen LogP contribution in [0, 0.1) is 6.92 Å². The van der Waals surface area contributed by atoms with Crippen LogP contribution >= 0.6 is 0 Å². The highest BCUT2D eigenvalue weighted by Gasteiger charge is 2.25. The third-order valence-electron chi connectivity index (χ3n) is 2.16. The second kappa shape index (κ2) is 3.62. The number of hydrogen-bond donors (Lipinski definition) is 0. The maximum Gasteiger partial charge on any atom is 0.126 e. The molecule has 1 rings (SSSR count). The van der Waals surface area contributed by atoms with Gasteiger partial charge in [0.15, 0.2) is 0 Å². The molecule has 0 fully saturated rings. The molecule has 0 saturated carbocycles. The van der Waals surface area contributed by atoms with Gasteiger partial charge >= 0.3 is 0 Å². The van der Waals surface area contributed by atoms with Crippen LogP contribution in [0.2, 0.25) is 25.2 Å².